The maximum atomic E-state index is 12.3. The number of nitrogens with zero attached hydrogens (tertiary/aromatic N) is 1. The molecule has 0 fully saturated rings. The average molecular weight is 261 g/mol. The molecule has 5 heteroatoms. The molecule has 1 heterocycles. The van der Waals surface area contributed by atoms with Crippen molar-refractivity contribution in [1.29, 1.82) is 0 Å². The van der Waals surface area contributed by atoms with Crippen LogP contribution in [0.5, 0.6) is 0 Å². The van der Waals surface area contributed by atoms with Gasteiger partial charge in [-0.25, -0.2) is 9.36 Å². The number of hydrogen-bond acceptors (Lipinski definition) is 4. The van der Waals surface area contributed by atoms with Gasteiger partial charge in [-0.3, -0.25) is 4.79 Å². The lowest BCUT2D eigenvalue weighted by atomic mass is 10.0. The SMILES string of the molecule is C=CC[C@H](O)[C@@H](C)C(=O)n1c(=O)oc2ccccc21. The zero-order chi connectivity index (χ0) is 14.0. The Morgan fingerprint density at radius 3 is 2.89 bits per heavy atom. The molecule has 5 nitrogen and oxygen atoms in total. The first-order valence-electron chi connectivity index (χ1n) is 6.00. The molecule has 100 valence electrons. The van der Waals surface area contributed by atoms with Gasteiger partial charge in [-0.15, -0.1) is 6.58 Å². The Bertz CT molecular complexity index is 667. The van der Waals surface area contributed by atoms with Crippen LogP contribution < -0.4 is 5.76 Å². The minimum atomic E-state index is -0.870. The van der Waals surface area contributed by atoms with Crippen LogP contribution in [0.1, 0.15) is 18.1 Å². The standard InChI is InChI=1S/C14H15NO4/c1-3-6-11(16)9(2)13(17)15-10-7-4-5-8-12(10)19-14(15)18/h3-5,7-9,11,16H,1,6H2,2H3/t9-,11+/m1/s1. The Kier molecular flexibility index (Phi) is 3.66. The highest BCUT2D eigenvalue weighted by Gasteiger charge is 2.26. The Labute approximate surface area is 109 Å². The number of benzene rings is 1. The average Bonchev–Trinajstić information content (AvgIpc) is 2.73. The first-order valence-corrected chi connectivity index (χ1v) is 6.00. The van der Waals surface area contributed by atoms with Crippen molar-refractivity contribution in [3.8, 4) is 0 Å². The van der Waals surface area contributed by atoms with E-state index in [1.165, 1.54) is 6.08 Å². The van der Waals surface area contributed by atoms with E-state index in [0.29, 0.717) is 11.1 Å². The maximum absolute atomic E-state index is 12.3. The summed E-state index contributed by atoms with van der Waals surface area (Å²) in [5.41, 5.74) is 0.765. The number of para-hydroxylation sites is 2. The maximum Gasteiger partial charge on any atom is 0.426 e. The summed E-state index contributed by atoms with van der Waals surface area (Å²) in [6.45, 7) is 5.09. The topological polar surface area (TPSA) is 72.4 Å². The van der Waals surface area contributed by atoms with Crippen LogP contribution in [0.15, 0.2) is 46.1 Å². The molecular weight excluding hydrogens is 246 g/mol. The third kappa shape index (κ3) is 2.37. The van der Waals surface area contributed by atoms with Gasteiger partial charge in [0.1, 0.15) is 0 Å². The van der Waals surface area contributed by atoms with Gasteiger partial charge in [-0.2, -0.15) is 0 Å². The van der Waals surface area contributed by atoms with Crippen molar-refractivity contribution in [2.24, 2.45) is 5.92 Å². The summed E-state index contributed by atoms with van der Waals surface area (Å²) in [4.78, 5) is 24.0. The molecule has 0 amide bonds. The Morgan fingerprint density at radius 2 is 2.21 bits per heavy atom. The fourth-order valence-corrected chi connectivity index (χ4v) is 1.92. The summed E-state index contributed by atoms with van der Waals surface area (Å²) in [6, 6.07) is 6.68. The molecule has 2 aromatic rings. The van der Waals surface area contributed by atoms with E-state index in [1.54, 1.807) is 31.2 Å². The summed E-state index contributed by atoms with van der Waals surface area (Å²) in [5.74, 6) is -1.93. The minimum absolute atomic E-state index is 0.289. The zero-order valence-corrected chi connectivity index (χ0v) is 10.6. The number of rotatable bonds is 4. The van der Waals surface area contributed by atoms with Gasteiger partial charge < -0.3 is 9.52 Å². The van der Waals surface area contributed by atoms with Gasteiger partial charge in [-0.1, -0.05) is 25.1 Å². The summed E-state index contributed by atoms with van der Waals surface area (Å²) < 4.78 is 5.96. The third-order valence-electron chi connectivity index (χ3n) is 3.08. The Morgan fingerprint density at radius 1 is 1.53 bits per heavy atom. The van der Waals surface area contributed by atoms with E-state index in [9.17, 15) is 14.7 Å². The molecule has 19 heavy (non-hydrogen) atoms. The lowest BCUT2D eigenvalue weighted by Gasteiger charge is -2.15. The molecule has 2 rings (SSSR count). The molecule has 0 saturated carbocycles. The molecule has 2 atom stereocenters. The monoisotopic (exact) mass is 261 g/mol. The summed E-state index contributed by atoms with van der Waals surface area (Å²) >= 11 is 0. The van der Waals surface area contributed by atoms with Crippen molar-refractivity contribution in [1.82, 2.24) is 4.57 Å². The quantitative estimate of drug-likeness (QED) is 0.852. The third-order valence-corrected chi connectivity index (χ3v) is 3.08. The van der Waals surface area contributed by atoms with Crippen LogP contribution in [0.2, 0.25) is 0 Å². The highest BCUT2D eigenvalue weighted by Crippen LogP contribution is 2.16. The van der Waals surface area contributed by atoms with Crippen molar-refractivity contribution in [2.45, 2.75) is 19.4 Å². The molecule has 0 unspecified atom stereocenters. The van der Waals surface area contributed by atoms with Crippen LogP contribution in [0.4, 0.5) is 0 Å². The van der Waals surface area contributed by atoms with Crippen molar-refractivity contribution in [3.05, 3.63) is 47.5 Å². The van der Waals surface area contributed by atoms with Crippen molar-refractivity contribution < 1.29 is 14.3 Å². The predicted molar refractivity (Wildman–Crippen MR) is 71.1 cm³/mol. The van der Waals surface area contributed by atoms with Crippen LogP contribution in [-0.4, -0.2) is 21.7 Å². The minimum Gasteiger partial charge on any atom is -0.407 e. The largest absolute Gasteiger partial charge is 0.426 e. The number of carbonyl (C=O) groups excluding carboxylic acids is 1. The fraction of sp³-hybridized carbons (Fsp3) is 0.286. The van der Waals surface area contributed by atoms with Crippen LogP contribution in [0, 0.1) is 5.92 Å². The van der Waals surface area contributed by atoms with Crippen LogP contribution in [0.3, 0.4) is 0 Å². The number of aromatic nitrogens is 1. The van der Waals surface area contributed by atoms with Gasteiger partial charge in [0.05, 0.1) is 17.5 Å². The van der Waals surface area contributed by atoms with Gasteiger partial charge in [0.2, 0.25) is 5.91 Å². The van der Waals surface area contributed by atoms with Crippen molar-refractivity contribution in [3.63, 3.8) is 0 Å². The second-order valence-electron chi connectivity index (χ2n) is 4.39. The van der Waals surface area contributed by atoms with Crippen molar-refractivity contribution in [2.75, 3.05) is 0 Å². The van der Waals surface area contributed by atoms with Crippen LogP contribution >= 0.6 is 0 Å². The number of hydrogen-bond donors (Lipinski definition) is 1. The summed E-state index contributed by atoms with van der Waals surface area (Å²) in [6.07, 6.45) is 0.952. The van der Waals surface area contributed by atoms with Gasteiger partial charge in [0, 0.05) is 0 Å². The predicted octanol–water partition coefficient (Wildman–Crippen LogP) is 1.81. The van der Waals surface area contributed by atoms with Gasteiger partial charge in [0.15, 0.2) is 5.58 Å². The molecule has 0 radical (unpaired) electrons. The first-order chi connectivity index (χ1) is 9.06. The number of fused-ring (bicyclic) bond motifs is 1. The van der Waals surface area contributed by atoms with Gasteiger partial charge in [-0.05, 0) is 18.6 Å². The normalized spacial score (nSPS) is 14.2. The second kappa shape index (κ2) is 5.24. The highest BCUT2D eigenvalue weighted by molar-refractivity contribution is 5.90. The van der Waals surface area contributed by atoms with E-state index >= 15 is 0 Å². The van der Waals surface area contributed by atoms with Crippen molar-refractivity contribution >= 4 is 17.0 Å². The Balaban J connectivity index is 2.44. The Hall–Kier alpha value is -2.14. The molecule has 0 aliphatic rings. The van der Waals surface area contributed by atoms with Crippen LogP contribution in [0.25, 0.3) is 11.1 Å². The summed E-state index contributed by atoms with van der Waals surface area (Å²) in [7, 11) is 0. The molecule has 1 aromatic heterocycles. The van der Waals surface area contributed by atoms with Crippen LogP contribution in [-0.2, 0) is 0 Å². The molecule has 0 aliphatic heterocycles. The first kappa shape index (κ1) is 13.3. The molecule has 1 aromatic carbocycles. The summed E-state index contributed by atoms with van der Waals surface area (Å²) in [5, 5.41) is 9.81. The molecule has 0 aliphatic carbocycles. The zero-order valence-electron chi connectivity index (χ0n) is 10.6. The van der Waals surface area contributed by atoms with E-state index in [-0.39, 0.29) is 6.42 Å². The number of oxazole rings is 1. The highest BCUT2D eigenvalue weighted by atomic mass is 16.4. The van der Waals surface area contributed by atoms with E-state index in [1.807, 2.05) is 0 Å². The lowest BCUT2D eigenvalue weighted by Crippen LogP contribution is -2.34. The van der Waals surface area contributed by atoms with Gasteiger partial charge >= 0.3 is 5.76 Å². The van der Waals surface area contributed by atoms with E-state index in [4.69, 9.17) is 4.42 Å². The lowest BCUT2D eigenvalue weighted by molar-refractivity contribution is 0.0636. The smallest absolute Gasteiger partial charge is 0.407 e. The second-order valence-corrected chi connectivity index (χ2v) is 4.39. The molecule has 0 bridgehead atoms. The van der Waals surface area contributed by atoms with E-state index in [0.717, 1.165) is 4.57 Å². The molecule has 0 spiro atoms. The van der Waals surface area contributed by atoms with E-state index < -0.39 is 23.7 Å². The molecule has 1 N–H and O–H groups in total. The number of aliphatic hydroxyl groups excluding tert-OH is 1. The fourth-order valence-electron chi connectivity index (χ4n) is 1.92. The molecule has 0 saturated heterocycles. The van der Waals surface area contributed by atoms with E-state index in [2.05, 4.69) is 6.58 Å². The number of aliphatic hydroxyl groups is 1. The van der Waals surface area contributed by atoms with Gasteiger partial charge in [0.25, 0.3) is 0 Å². The number of carbonyl (C=O) groups is 1. The molecular formula is C14H15NO4.